The Kier molecular flexibility index (Phi) is 8.41. The van der Waals surface area contributed by atoms with E-state index in [0.717, 1.165) is 11.3 Å². The summed E-state index contributed by atoms with van der Waals surface area (Å²) in [6.45, 7) is 5.72. The van der Waals surface area contributed by atoms with Crippen LogP contribution in [0.15, 0.2) is 53.5 Å². The van der Waals surface area contributed by atoms with E-state index < -0.39 is 0 Å². The van der Waals surface area contributed by atoms with E-state index in [9.17, 15) is 4.79 Å². The zero-order valence-electron chi connectivity index (χ0n) is 16.3. The topological polar surface area (TPSA) is 74.8 Å². The molecule has 2 aromatic carbocycles. The summed E-state index contributed by atoms with van der Waals surface area (Å²) in [7, 11) is 0. The minimum atomic E-state index is -0.186. The largest absolute Gasteiger partial charge is 0.494 e. The SMILES string of the molecule is C#Cc1cccc(NC(=O)CNC(=NCc2ccccc2OCC)NCC)c1. The van der Waals surface area contributed by atoms with E-state index in [1.165, 1.54) is 0 Å². The Morgan fingerprint density at radius 1 is 1.14 bits per heavy atom. The average molecular weight is 378 g/mol. The highest BCUT2D eigenvalue weighted by Gasteiger charge is 2.06. The van der Waals surface area contributed by atoms with Crippen molar-refractivity contribution in [2.75, 3.05) is 25.0 Å². The number of nitrogens with zero attached hydrogens (tertiary/aromatic N) is 1. The van der Waals surface area contributed by atoms with Crippen LogP contribution in [0.25, 0.3) is 0 Å². The van der Waals surface area contributed by atoms with Crippen LogP contribution < -0.4 is 20.7 Å². The van der Waals surface area contributed by atoms with Gasteiger partial charge in [0.15, 0.2) is 5.96 Å². The number of hydrogen-bond donors (Lipinski definition) is 3. The van der Waals surface area contributed by atoms with Gasteiger partial charge in [-0.15, -0.1) is 6.42 Å². The fourth-order valence-corrected chi connectivity index (χ4v) is 2.49. The molecule has 0 fully saturated rings. The van der Waals surface area contributed by atoms with Gasteiger partial charge in [0, 0.05) is 23.4 Å². The first-order chi connectivity index (χ1) is 13.7. The number of benzene rings is 2. The first kappa shape index (κ1) is 20.8. The molecule has 0 atom stereocenters. The van der Waals surface area contributed by atoms with Gasteiger partial charge in [-0.1, -0.05) is 30.2 Å². The lowest BCUT2D eigenvalue weighted by Crippen LogP contribution is -2.41. The number of rotatable bonds is 8. The van der Waals surface area contributed by atoms with Crippen LogP contribution in [-0.4, -0.2) is 31.6 Å². The minimum Gasteiger partial charge on any atom is -0.494 e. The Hall–Kier alpha value is -3.46. The molecule has 6 heteroatoms. The van der Waals surface area contributed by atoms with Crippen LogP contribution in [-0.2, 0) is 11.3 Å². The summed E-state index contributed by atoms with van der Waals surface area (Å²) in [5.41, 5.74) is 2.36. The minimum absolute atomic E-state index is 0.0826. The third-order valence-corrected chi connectivity index (χ3v) is 3.75. The van der Waals surface area contributed by atoms with Gasteiger partial charge in [-0.3, -0.25) is 4.79 Å². The Morgan fingerprint density at radius 3 is 2.71 bits per heavy atom. The number of hydrogen-bond acceptors (Lipinski definition) is 3. The zero-order chi connectivity index (χ0) is 20.2. The fraction of sp³-hybridized carbons (Fsp3) is 0.273. The van der Waals surface area contributed by atoms with E-state index >= 15 is 0 Å². The van der Waals surface area contributed by atoms with Gasteiger partial charge in [0.1, 0.15) is 5.75 Å². The molecule has 28 heavy (non-hydrogen) atoms. The molecular formula is C22H26N4O2. The average Bonchev–Trinajstić information content (AvgIpc) is 2.71. The number of guanidine groups is 1. The predicted molar refractivity (Wildman–Crippen MR) is 113 cm³/mol. The summed E-state index contributed by atoms with van der Waals surface area (Å²) in [5, 5.41) is 8.98. The van der Waals surface area contributed by atoms with E-state index in [-0.39, 0.29) is 12.5 Å². The van der Waals surface area contributed by atoms with Crippen molar-refractivity contribution in [2.45, 2.75) is 20.4 Å². The van der Waals surface area contributed by atoms with Crippen molar-refractivity contribution in [3.63, 3.8) is 0 Å². The lowest BCUT2D eigenvalue weighted by molar-refractivity contribution is -0.115. The molecule has 0 radical (unpaired) electrons. The maximum atomic E-state index is 12.2. The van der Waals surface area contributed by atoms with E-state index in [0.29, 0.717) is 36.9 Å². The third kappa shape index (κ3) is 6.69. The van der Waals surface area contributed by atoms with Crippen molar-refractivity contribution in [2.24, 2.45) is 4.99 Å². The van der Waals surface area contributed by atoms with Crippen molar-refractivity contribution in [3.05, 3.63) is 59.7 Å². The second kappa shape index (κ2) is 11.3. The first-order valence-electron chi connectivity index (χ1n) is 9.25. The molecule has 0 bridgehead atoms. The number of carbonyl (C=O) groups excluding carboxylic acids is 1. The monoisotopic (exact) mass is 378 g/mol. The number of amides is 1. The molecule has 0 aliphatic heterocycles. The van der Waals surface area contributed by atoms with Crippen molar-refractivity contribution in [1.29, 1.82) is 0 Å². The van der Waals surface area contributed by atoms with Crippen LogP contribution in [0.5, 0.6) is 5.75 Å². The van der Waals surface area contributed by atoms with Crippen LogP contribution >= 0.6 is 0 Å². The molecule has 0 saturated carbocycles. The lowest BCUT2D eigenvalue weighted by atomic mass is 10.2. The molecule has 1 amide bonds. The predicted octanol–water partition coefficient (Wildman–Crippen LogP) is 2.76. The fourth-order valence-electron chi connectivity index (χ4n) is 2.49. The summed E-state index contributed by atoms with van der Waals surface area (Å²) >= 11 is 0. The quantitative estimate of drug-likeness (QED) is 0.375. The number of aliphatic imine (C=N–C) groups is 1. The molecule has 0 aromatic heterocycles. The Bertz CT molecular complexity index is 856. The van der Waals surface area contributed by atoms with Gasteiger partial charge in [0.25, 0.3) is 0 Å². The van der Waals surface area contributed by atoms with Crippen LogP contribution in [0.3, 0.4) is 0 Å². The molecule has 0 spiro atoms. The van der Waals surface area contributed by atoms with Crippen molar-refractivity contribution < 1.29 is 9.53 Å². The Balaban J connectivity index is 1.95. The van der Waals surface area contributed by atoms with Gasteiger partial charge in [0.2, 0.25) is 5.91 Å². The van der Waals surface area contributed by atoms with E-state index in [1.54, 1.807) is 18.2 Å². The number of para-hydroxylation sites is 1. The molecule has 0 saturated heterocycles. The maximum Gasteiger partial charge on any atom is 0.243 e. The molecule has 146 valence electrons. The van der Waals surface area contributed by atoms with Gasteiger partial charge >= 0.3 is 0 Å². The van der Waals surface area contributed by atoms with Gasteiger partial charge < -0.3 is 20.7 Å². The van der Waals surface area contributed by atoms with Crippen molar-refractivity contribution >= 4 is 17.6 Å². The number of nitrogens with one attached hydrogen (secondary N) is 3. The van der Waals surface area contributed by atoms with Crippen molar-refractivity contribution in [1.82, 2.24) is 10.6 Å². The van der Waals surface area contributed by atoms with E-state index in [1.807, 2.05) is 44.2 Å². The highest BCUT2D eigenvalue weighted by Crippen LogP contribution is 2.18. The van der Waals surface area contributed by atoms with Crippen LogP contribution in [0.2, 0.25) is 0 Å². The van der Waals surface area contributed by atoms with Gasteiger partial charge in [0.05, 0.1) is 19.7 Å². The summed E-state index contributed by atoms with van der Waals surface area (Å²) < 4.78 is 5.62. The molecule has 0 unspecified atom stereocenters. The lowest BCUT2D eigenvalue weighted by Gasteiger charge is -2.13. The van der Waals surface area contributed by atoms with Crippen LogP contribution in [0.4, 0.5) is 5.69 Å². The summed E-state index contributed by atoms with van der Waals surface area (Å²) in [6.07, 6.45) is 5.38. The van der Waals surface area contributed by atoms with Crippen molar-refractivity contribution in [3.8, 4) is 18.1 Å². The Labute approximate surface area is 166 Å². The van der Waals surface area contributed by atoms with Gasteiger partial charge in [-0.2, -0.15) is 0 Å². The first-order valence-corrected chi connectivity index (χ1v) is 9.25. The number of terminal acetylenes is 1. The zero-order valence-corrected chi connectivity index (χ0v) is 16.3. The number of carbonyl (C=O) groups is 1. The van der Waals surface area contributed by atoms with Crippen LogP contribution in [0.1, 0.15) is 25.0 Å². The van der Waals surface area contributed by atoms with Crippen LogP contribution in [0, 0.1) is 12.3 Å². The number of anilines is 1. The molecule has 2 rings (SSSR count). The maximum absolute atomic E-state index is 12.2. The smallest absolute Gasteiger partial charge is 0.243 e. The molecule has 0 aliphatic rings. The summed E-state index contributed by atoms with van der Waals surface area (Å²) in [6, 6.07) is 14.9. The summed E-state index contributed by atoms with van der Waals surface area (Å²) in [4.78, 5) is 16.7. The summed E-state index contributed by atoms with van der Waals surface area (Å²) in [5.74, 6) is 3.73. The second-order valence-electron chi connectivity index (χ2n) is 5.86. The third-order valence-electron chi connectivity index (χ3n) is 3.75. The van der Waals surface area contributed by atoms with Gasteiger partial charge in [-0.05, 0) is 38.1 Å². The molecule has 0 heterocycles. The molecule has 6 nitrogen and oxygen atoms in total. The van der Waals surface area contributed by atoms with Gasteiger partial charge in [-0.25, -0.2) is 4.99 Å². The molecule has 3 N–H and O–H groups in total. The van der Waals surface area contributed by atoms with E-state index in [2.05, 4.69) is 26.9 Å². The molecule has 2 aromatic rings. The number of ether oxygens (including phenoxy) is 1. The highest BCUT2D eigenvalue weighted by atomic mass is 16.5. The molecule has 0 aliphatic carbocycles. The Morgan fingerprint density at radius 2 is 1.96 bits per heavy atom. The molecular weight excluding hydrogens is 352 g/mol. The second-order valence-corrected chi connectivity index (χ2v) is 5.86. The standard InChI is InChI=1S/C22H26N4O2/c1-4-17-10-9-12-19(14-17)26-21(27)16-25-22(23-5-2)24-15-18-11-7-8-13-20(18)28-6-3/h1,7-14H,5-6,15-16H2,2-3H3,(H,26,27)(H2,23,24,25). The van der Waals surface area contributed by atoms with E-state index in [4.69, 9.17) is 11.2 Å². The highest BCUT2D eigenvalue weighted by molar-refractivity contribution is 5.95. The normalized spacial score (nSPS) is 10.7.